The van der Waals surface area contributed by atoms with Crippen LogP contribution in [0.2, 0.25) is 0 Å². The number of likely N-dealkylation sites (tertiary alicyclic amines) is 1. The van der Waals surface area contributed by atoms with Gasteiger partial charge in [0, 0.05) is 22.5 Å². The quantitative estimate of drug-likeness (QED) is 0.752. The fourth-order valence-electron chi connectivity index (χ4n) is 2.47. The molecule has 2 aromatic rings. The Morgan fingerprint density at radius 3 is 3.00 bits per heavy atom. The van der Waals surface area contributed by atoms with Crippen molar-refractivity contribution in [2.24, 2.45) is 0 Å². The van der Waals surface area contributed by atoms with Crippen LogP contribution in [0.25, 0.3) is 0 Å². The smallest absolute Gasteiger partial charge is 0.273 e. The van der Waals surface area contributed by atoms with Crippen molar-refractivity contribution in [1.82, 2.24) is 9.88 Å². The van der Waals surface area contributed by atoms with E-state index < -0.39 is 0 Å². The molecule has 0 bridgehead atoms. The van der Waals surface area contributed by atoms with Gasteiger partial charge >= 0.3 is 0 Å². The molecule has 3 rings (SSSR count). The summed E-state index contributed by atoms with van der Waals surface area (Å²) in [6.07, 6.45) is 2.91. The van der Waals surface area contributed by atoms with Crippen LogP contribution in [-0.4, -0.2) is 42.1 Å². The molecule has 0 saturated carbocycles. The third kappa shape index (κ3) is 4.03. The lowest BCUT2D eigenvalue weighted by atomic mass is 10.1. The Labute approximate surface area is 147 Å². The summed E-state index contributed by atoms with van der Waals surface area (Å²) in [5.41, 5.74) is 1.03. The number of aryl methyl sites for hydroxylation is 1. The number of halogens is 1. The molecule has 1 aliphatic heterocycles. The third-order valence-electron chi connectivity index (χ3n) is 3.73. The summed E-state index contributed by atoms with van der Waals surface area (Å²) in [5, 5.41) is 2.54. The van der Waals surface area contributed by atoms with E-state index in [-0.39, 0.29) is 12.0 Å². The molecule has 1 aromatic heterocycles. The van der Waals surface area contributed by atoms with Gasteiger partial charge in [-0.25, -0.2) is 4.98 Å². The van der Waals surface area contributed by atoms with Gasteiger partial charge in [0.15, 0.2) is 0 Å². The van der Waals surface area contributed by atoms with Gasteiger partial charge in [0.2, 0.25) is 5.91 Å². The van der Waals surface area contributed by atoms with E-state index in [2.05, 4.69) is 20.9 Å². The molecule has 1 saturated heterocycles. The van der Waals surface area contributed by atoms with Gasteiger partial charge in [0.1, 0.15) is 11.9 Å². The fourth-order valence-corrected chi connectivity index (χ4v) is 3.43. The minimum Gasteiger partial charge on any atom is -0.496 e. The summed E-state index contributed by atoms with van der Waals surface area (Å²) >= 11 is 4.92. The van der Waals surface area contributed by atoms with Crippen LogP contribution >= 0.6 is 27.3 Å². The van der Waals surface area contributed by atoms with Gasteiger partial charge in [-0.2, -0.15) is 0 Å². The molecule has 7 heteroatoms. The zero-order chi connectivity index (χ0) is 16.2. The van der Waals surface area contributed by atoms with Gasteiger partial charge in [-0.15, -0.1) is 0 Å². The van der Waals surface area contributed by atoms with Gasteiger partial charge < -0.3 is 14.4 Å². The Balaban J connectivity index is 1.47. The Hall–Kier alpha value is -1.60. The van der Waals surface area contributed by atoms with Gasteiger partial charge in [-0.1, -0.05) is 27.3 Å². The predicted molar refractivity (Wildman–Crippen MR) is 92.1 cm³/mol. The van der Waals surface area contributed by atoms with Crippen LogP contribution in [0.4, 0.5) is 0 Å². The first-order valence-corrected chi connectivity index (χ1v) is 8.99. The second-order valence-electron chi connectivity index (χ2n) is 5.29. The minimum atomic E-state index is 0.0607. The molecule has 5 nitrogen and oxygen atoms in total. The second-order valence-corrected chi connectivity index (χ2v) is 7.07. The summed E-state index contributed by atoms with van der Waals surface area (Å²) in [4.78, 5) is 18.1. The van der Waals surface area contributed by atoms with Crippen LogP contribution < -0.4 is 9.47 Å². The largest absolute Gasteiger partial charge is 0.496 e. The number of amides is 1. The van der Waals surface area contributed by atoms with Crippen molar-refractivity contribution in [3.05, 3.63) is 39.8 Å². The second kappa shape index (κ2) is 7.31. The molecule has 0 spiro atoms. The highest BCUT2D eigenvalue weighted by Gasteiger charge is 2.32. The summed E-state index contributed by atoms with van der Waals surface area (Å²) < 4.78 is 12.0. The first kappa shape index (κ1) is 16.3. The molecule has 1 aromatic carbocycles. The number of nitrogens with zero attached hydrogens (tertiary/aromatic N) is 2. The van der Waals surface area contributed by atoms with Crippen molar-refractivity contribution >= 4 is 33.2 Å². The highest BCUT2D eigenvalue weighted by Crippen LogP contribution is 2.25. The number of carbonyl (C=O) groups excluding carboxylic acids is 1. The molecule has 0 aliphatic carbocycles. The summed E-state index contributed by atoms with van der Waals surface area (Å²) in [6.45, 7) is 1.27. The number of carbonyl (C=O) groups is 1. The number of benzene rings is 1. The number of thiazole rings is 1. The van der Waals surface area contributed by atoms with E-state index in [0.717, 1.165) is 15.8 Å². The Bertz CT molecular complexity index is 672. The van der Waals surface area contributed by atoms with E-state index >= 15 is 0 Å². The fraction of sp³-hybridized carbons (Fsp3) is 0.375. The van der Waals surface area contributed by atoms with Crippen LogP contribution in [0.3, 0.4) is 0 Å². The number of methoxy groups -OCH3 is 1. The Kier molecular flexibility index (Phi) is 5.17. The average molecular weight is 397 g/mol. The van der Waals surface area contributed by atoms with Crippen LogP contribution in [0.15, 0.2) is 34.2 Å². The number of hydrogen-bond donors (Lipinski definition) is 0. The number of ether oxygens (including phenoxy) is 2. The van der Waals surface area contributed by atoms with Crippen LogP contribution in [-0.2, 0) is 11.2 Å². The first-order chi connectivity index (χ1) is 11.2. The first-order valence-electron chi connectivity index (χ1n) is 7.32. The molecule has 1 amide bonds. The molecular formula is C16H17BrN2O3S. The monoisotopic (exact) mass is 396 g/mol. The third-order valence-corrected chi connectivity index (χ3v) is 4.88. The number of aromatic nitrogens is 1. The van der Waals surface area contributed by atoms with E-state index in [9.17, 15) is 4.79 Å². The Morgan fingerprint density at radius 1 is 1.48 bits per heavy atom. The molecule has 0 unspecified atom stereocenters. The van der Waals surface area contributed by atoms with Gasteiger partial charge in [0.05, 0.1) is 20.2 Å². The predicted octanol–water partition coefficient (Wildman–Crippen LogP) is 3.14. The molecule has 0 atom stereocenters. The summed E-state index contributed by atoms with van der Waals surface area (Å²) in [5.74, 6) is 0.959. The zero-order valence-corrected chi connectivity index (χ0v) is 15.1. The maximum Gasteiger partial charge on any atom is 0.273 e. The van der Waals surface area contributed by atoms with E-state index in [1.165, 1.54) is 11.3 Å². The van der Waals surface area contributed by atoms with Crippen LogP contribution in [0.1, 0.15) is 12.0 Å². The lowest BCUT2D eigenvalue weighted by Crippen LogP contribution is -2.56. The highest BCUT2D eigenvalue weighted by molar-refractivity contribution is 9.10. The minimum absolute atomic E-state index is 0.0607. The number of hydrogen-bond acceptors (Lipinski definition) is 5. The maximum atomic E-state index is 12.2. The molecule has 0 N–H and O–H groups in total. The topological polar surface area (TPSA) is 51.7 Å². The van der Waals surface area contributed by atoms with Crippen LogP contribution in [0, 0.1) is 0 Å². The lowest BCUT2D eigenvalue weighted by molar-refractivity contribution is -0.139. The number of rotatable bonds is 6. The van der Waals surface area contributed by atoms with Gasteiger partial charge in [-0.3, -0.25) is 4.79 Å². The molecule has 122 valence electrons. The molecule has 1 aliphatic rings. The van der Waals surface area contributed by atoms with Gasteiger partial charge in [0.25, 0.3) is 5.19 Å². The Morgan fingerprint density at radius 2 is 2.30 bits per heavy atom. The lowest BCUT2D eigenvalue weighted by Gasteiger charge is -2.38. The van der Waals surface area contributed by atoms with Crippen molar-refractivity contribution < 1.29 is 14.3 Å². The normalized spacial score (nSPS) is 14.4. The maximum absolute atomic E-state index is 12.2. The average Bonchev–Trinajstić information content (AvgIpc) is 3.01. The van der Waals surface area contributed by atoms with E-state index in [1.54, 1.807) is 13.3 Å². The van der Waals surface area contributed by atoms with Crippen molar-refractivity contribution in [3.63, 3.8) is 0 Å². The van der Waals surface area contributed by atoms with E-state index in [4.69, 9.17) is 9.47 Å². The van der Waals surface area contributed by atoms with Crippen molar-refractivity contribution in [2.45, 2.75) is 18.9 Å². The highest BCUT2D eigenvalue weighted by atomic mass is 79.9. The van der Waals surface area contributed by atoms with Crippen molar-refractivity contribution in [3.8, 4) is 10.9 Å². The van der Waals surface area contributed by atoms with Gasteiger partial charge in [-0.05, 0) is 30.2 Å². The zero-order valence-electron chi connectivity index (χ0n) is 12.7. The molecule has 0 radical (unpaired) electrons. The standard InChI is InChI=1S/C16H17BrN2O3S/c1-21-14-4-3-12(17)8-11(14)2-5-15(20)19-9-13(10-19)22-16-18-6-7-23-16/h3-4,6-8,13H,2,5,9-10H2,1H3. The molecule has 2 heterocycles. The summed E-state index contributed by atoms with van der Waals surface area (Å²) in [7, 11) is 1.64. The molecule has 23 heavy (non-hydrogen) atoms. The SMILES string of the molecule is COc1ccc(Br)cc1CCC(=O)N1CC(Oc2nccs2)C1. The molecular weight excluding hydrogens is 380 g/mol. The van der Waals surface area contributed by atoms with Crippen molar-refractivity contribution in [1.29, 1.82) is 0 Å². The van der Waals surface area contributed by atoms with Crippen molar-refractivity contribution in [2.75, 3.05) is 20.2 Å². The van der Waals surface area contributed by atoms with E-state index in [1.807, 2.05) is 28.5 Å². The summed E-state index contributed by atoms with van der Waals surface area (Å²) in [6, 6.07) is 5.84. The molecule has 1 fully saturated rings. The van der Waals surface area contributed by atoms with Crippen LogP contribution in [0.5, 0.6) is 10.9 Å². The van der Waals surface area contributed by atoms with E-state index in [0.29, 0.717) is 31.1 Å².